The van der Waals surface area contributed by atoms with Crippen LogP contribution in [0.15, 0.2) is 152 Å². The molecule has 0 spiro atoms. The molecule has 8 aromatic rings. The van der Waals surface area contributed by atoms with Crippen LogP contribution >= 0.6 is 0 Å². The number of nitrogens with one attached hydrogen (secondary N) is 1. The summed E-state index contributed by atoms with van der Waals surface area (Å²) in [5.41, 5.74) is 8.31. The molecule has 0 fully saturated rings. The first kappa shape index (κ1) is 24.1. The Labute approximate surface area is 249 Å². The van der Waals surface area contributed by atoms with Crippen molar-refractivity contribution in [3.05, 3.63) is 152 Å². The zero-order chi connectivity index (χ0) is 28.3. The van der Waals surface area contributed by atoms with Crippen LogP contribution in [0.25, 0.3) is 60.1 Å². The third kappa shape index (κ3) is 3.75. The molecule has 1 unspecified atom stereocenters. The topological polar surface area (TPSA) is 21.9 Å². The molecular weight excluding hydrogens is 522 g/mol. The molecule has 1 aliphatic rings. The summed E-state index contributed by atoms with van der Waals surface area (Å²) in [5.74, 6) is 0. The van der Waals surface area contributed by atoms with E-state index in [-0.39, 0.29) is 0 Å². The standard InChI is InChI=1S/C40H29N3/c1-3-12-30(13-4-1)42-36-18-10-9-17-33(36)34-25-28(20-23-37(34)42)41-29-21-24-38-35(26-29)40-32-16-8-7-11-27(32)19-22-39(40)43(38)31-14-5-2-6-15-31/h1-12,14-26,30,41H,13H2. The van der Waals surface area contributed by atoms with Crippen molar-refractivity contribution in [2.75, 3.05) is 5.32 Å². The zero-order valence-electron chi connectivity index (χ0n) is 23.6. The highest BCUT2D eigenvalue weighted by Gasteiger charge is 2.18. The van der Waals surface area contributed by atoms with Gasteiger partial charge in [0.2, 0.25) is 0 Å². The SMILES string of the molecule is C1=CCC(n2c3ccccc3c3cc(Nc4ccc5c(c4)c4c6ccccc6ccc4n5-c4ccccc4)ccc32)C=C1. The molecule has 43 heavy (non-hydrogen) atoms. The number of fused-ring (bicyclic) bond motifs is 8. The Balaban J connectivity index is 1.21. The minimum absolute atomic E-state index is 0.324. The fourth-order valence-corrected chi connectivity index (χ4v) is 7.09. The quantitative estimate of drug-likeness (QED) is 0.231. The molecule has 0 bridgehead atoms. The summed E-state index contributed by atoms with van der Waals surface area (Å²) in [5, 5.41) is 11.4. The average molecular weight is 552 g/mol. The summed E-state index contributed by atoms with van der Waals surface area (Å²) in [6.07, 6.45) is 9.88. The minimum Gasteiger partial charge on any atom is -0.355 e. The van der Waals surface area contributed by atoms with Crippen LogP contribution in [0.5, 0.6) is 0 Å². The van der Waals surface area contributed by atoms with Crippen molar-refractivity contribution in [3.63, 3.8) is 0 Å². The van der Waals surface area contributed by atoms with Crippen LogP contribution in [-0.4, -0.2) is 9.13 Å². The number of rotatable bonds is 4. The maximum atomic E-state index is 3.76. The fourth-order valence-electron chi connectivity index (χ4n) is 7.09. The number of allylic oxidation sites excluding steroid dienone is 4. The van der Waals surface area contributed by atoms with E-state index in [1.54, 1.807) is 0 Å². The minimum atomic E-state index is 0.324. The van der Waals surface area contributed by atoms with E-state index in [0.717, 1.165) is 17.8 Å². The molecular formula is C40H29N3. The van der Waals surface area contributed by atoms with Crippen molar-refractivity contribution in [2.45, 2.75) is 12.5 Å². The monoisotopic (exact) mass is 551 g/mol. The molecule has 1 aliphatic carbocycles. The number of hydrogen-bond donors (Lipinski definition) is 1. The maximum Gasteiger partial charge on any atom is 0.0560 e. The van der Waals surface area contributed by atoms with Crippen LogP contribution in [0, 0.1) is 0 Å². The second-order valence-corrected chi connectivity index (χ2v) is 11.4. The smallest absolute Gasteiger partial charge is 0.0560 e. The molecule has 0 saturated heterocycles. The molecule has 3 heteroatoms. The van der Waals surface area contributed by atoms with Gasteiger partial charge in [-0.2, -0.15) is 0 Å². The van der Waals surface area contributed by atoms with Gasteiger partial charge in [0.1, 0.15) is 0 Å². The first-order valence-corrected chi connectivity index (χ1v) is 15.0. The van der Waals surface area contributed by atoms with Gasteiger partial charge in [0.25, 0.3) is 0 Å². The first-order valence-electron chi connectivity index (χ1n) is 15.0. The molecule has 3 nitrogen and oxygen atoms in total. The van der Waals surface area contributed by atoms with E-state index in [9.17, 15) is 0 Å². The van der Waals surface area contributed by atoms with E-state index in [2.05, 4.69) is 166 Å². The Morgan fingerprint density at radius 3 is 2.07 bits per heavy atom. The van der Waals surface area contributed by atoms with Gasteiger partial charge in [-0.05, 0) is 77.9 Å². The molecule has 6 aromatic carbocycles. The van der Waals surface area contributed by atoms with Crippen LogP contribution in [0.4, 0.5) is 11.4 Å². The van der Waals surface area contributed by atoms with Gasteiger partial charge in [0, 0.05) is 49.6 Å². The summed E-state index contributed by atoms with van der Waals surface area (Å²) in [6.45, 7) is 0. The first-order chi connectivity index (χ1) is 21.3. The second-order valence-electron chi connectivity index (χ2n) is 11.4. The maximum absolute atomic E-state index is 3.76. The van der Waals surface area contributed by atoms with Crippen molar-refractivity contribution in [3.8, 4) is 5.69 Å². The van der Waals surface area contributed by atoms with Crippen LogP contribution in [0.2, 0.25) is 0 Å². The number of para-hydroxylation sites is 2. The number of anilines is 2. The molecule has 1 atom stereocenters. The van der Waals surface area contributed by atoms with E-state index in [1.807, 2.05) is 0 Å². The van der Waals surface area contributed by atoms with Gasteiger partial charge < -0.3 is 14.5 Å². The number of aromatic nitrogens is 2. The fraction of sp³-hybridized carbons (Fsp3) is 0.0500. The lowest BCUT2D eigenvalue weighted by Crippen LogP contribution is -2.06. The Morgan fingerprint density at radius 2 is 1.23 bits per heavy atom. The summed E-state index contributed by atoms with van der Waals surface area (Å²) >= 11 is 0. The van der Waals surface area contributed by atoms with Gasteiger partial charge in [-0.25, -0.2) is 0 Å². The molecule has 2 heterocycles. The number of nitrogens with zero attached hydrogens (tertiary/aromatic N) is 2. The van der Waals surface area contributed by atoms with Gasteiger partial charge in [-0.15, -0.1) is 0 Å². The molecule has 0 radical (unpaired) electrons. The van der Waals surface area contributed by atoms with Gasteiger partial charge in [0.05, 0.1) is 17.1 Å². The third-order valence-corrected chi connectivity index (χ3v) is 8.96. The summed E-state index contributed by atoms with van der Waals surface area (Å²) in [7, 11) is 0. The highest BCUT2D eigenvalue weighted by Crippen LogP contribution is 2.40. The predicted octanol–water partition coefficient (Wildman–Crippen LogP) is 10.8. The molecule has 9 rings (SSSR count). The van der Waals surface area contributed by atoms with Gasteiger partial charge >= 0.3 is 0 Å². The Kier molecular flexibility index (Phi) is 5.32. The van der Waals surface area contributed by atoms with Crippen molar-refractivity contribution in [1.29, 1.82) is 0 Å². The van der Waals surface area contributed by atoms with E-state index in [0.29, 0.717) is 6.04 Å². The van der Waals surface area contributed by atoms with Gasteiger partial charge in [-0.3, -0.25) is 0 Å². The molecule has 2 aromatic heterocycles. The van der Waals surface area contributed by atoms with E-state index in [4.69, 9.17) is 0 Å². The van der Waals surface area contributed by atoms with Crippen molar-refractivity contribution >= 4 is 65.8 Å². The van der Waals surface area contributed by atoms with Crippen molar-refractivity contribution in [2.24, 2.45) is 0 Å². The average Bonchev–Trinajstić information content (AvgIpc) is 3.58. The van der Waals surface area contributed by atoms with Gasteiger partial charge in [0.15, 0.2) is 0 Å². The second kappa shape index (κ2) is 9.50. The van der Waals surface area contributed by atoms with E-state index < -0.39 is 0 Å². The summed E-state index contributed by atoms with van der Waals surface area (Å²) in [4.78, 5) is 0. The molecule has 0 aliphatic heterocycles. The Morgan fingerprint density at radius 1 is 0.535 bits per heavy atom. The Hall–Kier alpha value is -5.54. The normalized spacial score (nSPS) is 14.9. The zero-order valence-corrected chi connectivity index (χ0v) is 23.6. The Bertz CT molecular complexity index is 2400. The van der Waals surface area contributed by atoms with Crippen LogP contribution in [0.3, 0.4) is 0 Å². The lowest BCUT2D eigenvalue weighted by atomic mass is 10.0. The van der Waals surface area contributed by atoms with Crippen LogP contribution in [-0.2, 0) is 0 Å². The van der Waals surface area contributed by atoms with Crippen molar-refractivity contribution in [1.82, 2.24) is 9.13 Å². The highest BCUT2D eigenvalue weighted by molar-refractivity contribution is 6.22. The largest absolute Gasteiger partial charge is 0.355 e. The summed E-state index contributed by atoms with van der Waals surface area (Å²) in [6, 6.07) is 46.5. The molecule has 0 saturated carbocycles. The third-order valence-electron chi connectivity index (χ3n) is 8.96. The highest BCUT2D eigenvalue weighted by atomic mass is 15.0. The van der Waals surface area contributed by atoms with Crippen LogP contribution < -0.4 is 5.32 Å². The van der Waals surface area contributed by atoms with Crippen LogP contribution in [0.1, 0.15) is 12.5 Å². The number of hydrogen-bond acceptors (Lipinski definition) is 1. The predicted molar refractivity (Wildman–Crippen MR) is 183 cm³/mol. The molecule has 1 N–H and O–H groups in total. The summed E-state index contributed by atoms with van der Waals surface area (Å²) < 4.78 is 4.88. The lowest BCUT2D eigenvalue weighted by Gasteiger charge is -2.18. The number of benzene rings is 6. The van der Waals surface area contributed by atoms with Gasteiger partial charge in [-0.1, -0.05) is 91.0 Å². The van der Waals surface area contributed by atoms with Crippen molar-refractivity contribution < 1.29 is 0 Å². The lowest BCUT2D eigenvalue weighted by molar-refractivity contribution is 0.648. The van der Waals surface area contributed by atoms with E-state index in [1.165, 1.54) is 60.1 Å². The molecule has 204 valence electrons. The van der Waals surface area contributed by atoms with E-state index >= 15 is 0 Å². The molecule has 0 amide bonds.